The third kappa shape index (κ3) is 4.24. The molecule has 0 aliphatic rings. The second kappa shape index (κ2) is 6.06. The number of ether oxygens (including phenoxy) is 1. The number of primary amides is 1. The van der Waals surface area contributed by atoms with E-state index in [1.807, 2.05) is 31.2 Å². The van der Waals surface area contributed by atoms with Crippen LogP contribution in [0, 0.1) is 0 Å². The lowest BCUT2D eigenvalue weighted by Gasteiger charge is -2.26. The van der Waals surface area contributed by atoms with Crippen LogP contribution in [0.1, 0.15) is 45.6 Å². The van der Waals surface area contributed by atoms with Crippen molar-refractivity contribution in [1.82, 2.24) is 0 Å². The van der Waals surface area contributed by atoms with Gasteiger partial charge in [-0.25, -0.2) is 0 Å². The van der Waals surface area contributed by atoms with Gasteiger partial charge in [0.25, 0.3) is 0 Å². The number of amides is 1. The summed E-state index contributed by atoms with van der Waals surface area (Å²) >= 11 is 0. The minimum atomic E-state index is -1.05. The topological polar surface area (TPSA) is 78.3 Å². The van der Waals surface area contributed by atoms with Crippen molar-refractivity contribution < 1.29 is 9.53 Å². The van der Waals surface area contributed by atoms with Crippen molar-refractivity contribution in [3.63, 3.8) is 0 Å². The summed E-state index contributed by atoms with van der Waals surface area (Å²) in [6.07, 6.45) is 0.205. The van der Waals surface area contributed by atoms with Gasteiger partial charge in [0.2, 0.25) is 5.91 Å². The van der Waals surface area contributed by atoms with E-state index >= 15 is 0 Å². The molecule has 0 aliphatic heterocycles. The van der Waals surface area contributed by atoms with Gasteiger partial charge in [-0.3, -0.25) is 4.79 Å². The minimum absolute atomic E-state index is 0.178. The molecule has 1 aromatic carbocycles. The molecular weight excluding hydrogens is 240 g/mol. The Balaban J connectivity index is 2.78. The molecule has 0 fully saturated rings. The summed E-state index contributed by atoms with van der Waals surface area (Å²) in [7, 11) is 0. The van der Waals surface area contributed by atoms with Gasteiger partial charge >= 0.3 is 0 Å². The number of nitrogens with two attached hydrogens (primary N) is 2. The highest BCUT2D eigenvalue weighted by Crippen LogP contribution is 2.27. The number of rotatable bonds is 6. The van der Waals surface area contributed by atoms with Crippen LogP contribution < -0.4 is 16.2 Å². The van der Waals surface area contributed by atoms with Crippen LogP contribution in [0.25, 0.3) is 0 Å². The summed E-state index contributed by atoms with van der Waals surface area (Å²) in [4.78, 5) is 11.2. The second-order valence-electron chi connectivity index (χ2n) is 5.61. The molecule has 4 heteroatoms. The van der Waals surface area contributed by atoms with E-state index in [2.05, 4.69) is 13.8 Å². The van der Waals surface area contributed by atoms with Gasteiger partial charge in [0, 0.05) is 6.42 Å². The standard InChI is InChI=1S/C15H24N2O2/c1-10(2)12-7-5-6-8-13(12)19-11(3)9-15(4,17)14(16)18/h5-8,10-11H,9,17H2,1-4H3,(H2,16,18). The maximum absolute atomic E-state index is 11.2. The lowest BCUT2D eigenvalue weighted by molar-refractivity contribution is -0.123. The molecule has 1 aromatic rings. The Morgan fingerprint density at radius 2 is 1.89 bits per heavy atom. The Kier molecular flexibility index (Phi) is 4.95. The Bertz CT molecular complexity index is 442. The molecule has 4 nitrogen and oxygen atoms in total. The first-order chi connectivity index (χ1) is 8.74. The van der Waals surface area contributed by atoms with Crippen molar-refractivity contribution >= 4 is 5.91 Å². The van der Waals surface area contributed by atoms with Crippen LogP contribution >= 0.6 is 0 Å². The zero-order chi connectivity index (χ0) is 14.6. The largest absolute Gasteiger partial charge is 0.490 e. The zero-order valence-corrected chi connectivity index (χ0v) is 12.1. The molecule has 4 N–H and O–H groups in total. The van der Waals surface area contributed by atoms with Crippen molar-refractivity contribution in [3.05, 3.63) is 29.8 Å². The van der Waals surface area contributed by atoms with Gasteiger partial charge < -0.3 is 16.2 Å². The van der Waals surface area contributed by atoms with Crippen LogP contribution in [-0.4, -0.2) is 17.6 Å². The highest BCUT2D eigenvalue weighted by atomic mass is 16.5. The van der Waals surface area contributed by atoms with Crippen LogP contribution in [-0.2, 0) is 4.79 Å². The lowest BCUT2D eigenvalue weighted by atomic mass is 9.95. The minimum Gasteiger partial charge on any atom is -0.490 e. The van der Waals surface area contributed by atoms with E-state index < -0.39 is 11.4 Å². The highest BCUT2D eigenvalue weighted by Gasteiger charge is 2.29. The fourth-order valence-electron chi connectivity index (χ4n) is 2.02. The van der Waals surface area contributed by atoms with Gasteiger partial charge in [-0.2, -0.15) is 0 Å². The molecular formula is C15H24N2O2. The first-order valence-corrected chi connectivity index (χ1v) is 6.58. The average molecular weight is 264 g/mol. The molecule has 2 atom stereocenters. The van der Waals surface area contributed by atoms with Crippen molar-refractivity contribution in [2.24, 2.45) is 11.5 Å². The normalized spacial score (nSPS) is 15.9. The molecule has 0 aromatic heterocycles. The maximum Gasteiger partial charge on any atom is 0.237 e. The second-order valence-corrected chi connectivity index (χ2v) is 5.61. The summed E-state index contributed by atoms with van der Waals surface area (Å²) in [5.74, 6) is 0.703. The van der Waals surface area contributed by atoms with Crippen molar-refractivity contribution in [1.29, 1.82) is 0 Å². The molecule has 2 unspecified atom stereocenters. The number of para-hydroxylation sites is 1. The fraction of sp³-hybridized carbons (Fsp3) is 0.533. The smallest absolute Gasteiger partial charge is 0.237 e. The van der Waals surface area contributed by atoms with Crippen LogP contribution in [0.5, 0.6) is 5.75 Å². The number of carbonyl (C=O) groups is 1. The third-order valence-electron chi connectivity index (χ3n) is 3.14. The quantitative estimate of drug-likeness (QED) is 0.826. The zero-order valence-electron chi connectivity index (χ0n) is 12.1. The Morgan fingerprint density at radius 3 is 2.42 bits per heavy atom. The summed E-state index contributed by atoms with van der Waals surface area (Å²) in [6.45, 7) is 7.75. The number of hydrogen-bond acceptors (Lipinski definition) is 3. The Morgan fingerprint density at radius 1 is 1.32 bits per heavy atom. The van der Waals surface area contributed by atoms with E-state index in [9.17, 15) is 4.79 Å². The van der Waals surface area contributed by atoms with Crippen molar-refractivity contribution in [3.8, 4) is 5.75 Å². The third-order valence-corrected chi connectivity index (χ3v) is 3.14. The molecule has 1 amide bonds. The van der Waals surface area contributed by atoms with E-state index in [0.29, 0.717) is 12.3 Å². The predicted octanol–water partition coefficient (Wildman–Crippen LogP) is 2.17. The molecule has 1 rings (SSSR count). The van der Waals surface area contributed by atoms with Crippen LogP contribution in [0.2, 0.25) is 0 Å². The highest BCUT2D eigenvalue weighted by molar-refractivity contribution is 5.83. The number of carbonyl (C=O) groups excluding carboxylic acids is 1. The van der Waals surface area contributed by atoms with Gasteiger partial charge in [0.05, 0.1) is 11.6 Å². The van der Waals surface area contributed by atoms with Gasteiger partial charge in [-0.1, -0.05) is 32.0 Å². The summed E-state index contributed by atoms with van der Waals surface area (Å²) in [5, 5.41) is 0. The predicted molar refractivity (Wildman–Crippen MR) is 77.0 cm³/mol. The van der Waals surface area contributed by atoms with Crippen LogP contribution in [0.4, 0.5) is 0 Å². The van der Waals surface area contributed by atoms with Crippen molar-refractivity contribution in [2.75, 3.05) is 0 Å². The molecule has 0 bridgehead atoms. The monoisotopic (exact) mass is 264 g/mol. The van der Waals surface area contributed by atoms with Gasteiger partial charge in [0.1, 0.15) is 5.75 Å². The molecule has 0 saturated carbocycles. The average Bonchev–Trinajstić information content (AvgIpc) is 2.28. The molecule has 0 heterocycles. The molecule has 19 heavy (non-hydrogen) atoms. The van der Waals surface area contributed by atoms with Crippen LogP contribution in [0.3, 0.4) is 0 Å². The van der Waals surface area contributed by atoms with Gasteiger partial charge in [-0.05, 0) is 31.4 Å². The van der Waals surface area contributed by atoms with E-state index in [1.165, 1.54) is 0 Å². The molecule has 0 radical (unpaired) electrons. The van der Waals surface area contributed by atoms with E-state index in [0.717, 1.165) is 11.3 Å². The summed E-state index contributed by atoms with van der Waals surface area (Å²) in [6, 6.07) is 7.90. The maximum atomic E-state index is 11.2. The fourth-order valence-corrected chi connectivity index (χ4v) is 2.02. The van der Waals surface area contributed by atoms with Crippen molar-refractivity contribution in [2.45, 2.75) is 51.7 Å². The van der Waals surface area contributed by atoms with Gasteiger partial charge in [-0.15, -0.1) is 0 Å². The number of hydrogen-bond donors (Lipinski definition) is 2. The molecule has 106 valence electrons. The molecule has 0 saturated heterocycles. The first kappa shape index (κ1) is 15.5. The van der Waals surface area contributed by atoms with E-state index in [4.69, 9.17) is 16.2 Å². The SMILES string of the molecule is CC(CC(C)(N)C(N)=O)Oc1ccccc1C(C)C. The molecule has 0 spiro atoms. The van der Waals surface area contributed by atoms with E-state index in [1.54, 1.807) is 6.92 Å². The first-order valence-electron chi connectivity index (χ1n) is 6.58. The Hall–Kier alpha value is -1.55. The lowest BCUT2D eigenvalue weighted by Crippen LogP contribution is -2.51. The summed E-state index contributed by atoms with van der Waals surface area (Å²) < 4.78 is 5.91. The van der Waals surface area contributed by atoms with Crippen LogP contribution in [0.15, 0.2) is 24.3 Å². The molecule has 0 aliphatic carbocycles. The summed E-state index contributed by atoms with van der Waals surface area (Å²) in [5.41, 5.74) is 11.2. The Labute approximate surface area is 115 Å². The van der Waals surface area contributed by atoms with E-state index in [-0.39, 0.29) is 6.10 Å². The number of benzene rings is 1. The van der Waals surface area contributed by atoms with Gasteiger partial charge in [0.15, 0.2) is 0 Å².